The molecule has 1 rings (SSSR count). The topological polar surface area (TPSA) is 29.4 Å². The fourth-order valence-corrected chi connectivity index (χ4v) is 1.38. The first-order valence-corrected chi connectivity index (χ1v) is 6.07. The van der Waals surface area contributed by atoms with Crippen LogP contribution in [0, 0.1) is 0 Å². The van der Waals surface area contributed by atoms with E-state index in [-0.39, 0.29) is 0 Å². The lowest BCUT2D eigenvalue weighted by molar-refractivity contribution is 0.687. The van der Waals surface area contributed by atoms with Crippen molar-refractivity contribution in [3.8, 4) is 0 Å². The van der Waals surface area contributed by atoms with Crippen LogP contribution in [-0.4, -0.2) is 10.5 Å². The maximum absolute atomic E-state index is 10.9. The summed E-state index contributed by atoms with van der Waals surface area (Å²) in [7, 11) is -1.17. The Kier molecular flexibility index (Phi) is 5.33. The number of nitrogens with zero attached hydrogens (tertiary/aromatic N) is 1. The summed E-state index contributed by atoms with van der Waals surface area (Å²) in [5.74, 6) is 0. The molecule has 1 unspecified atom stereocenters. The molecule has 0 saturated heterocycles. The van der Waals surface area contributed by atoms with Gasteiger partial charge in [0.15, 0.2) is 0 Å². The third kappa shape index (κ3) is 5.75. The second-order valence-corrected chi connectivity index (χ2v) is 3.84. The molecule has 0 spiro atoms. The number of hydrogen-bond donors (Lipinski definition) is 0. The highest BCUT2D eigenvalue weighted by atomic mass is 32.2. The van der Waals surface area contributed by atoms with Crippen LogP contribution in [-0.2, 0) is 11.0 Å². The molecule has 1 aromatic carbocycles. The van der Waals surface area contributed by atoms with Gasteiger partial charge in [-0.15, -0.1) is 0 Å². The Hall–Kier alpha value is -1.48. The Labute approximate surface area is 92.3 Å². The molecule has 78 valence electrons. The Bertz CT molecular complexity index is 423. The van der Waals surface area contributed by atoms with E-state index in [4.69, 9.17) is 0 Å². The van der Waals surface area contributed by atoms with Gasteiger partial charge in [0.1, 0.15) is 11.0 Å². The predicted octanol–water partition coefficient (Wildman–Crippen LogP) is 2.01. The van der Waals surface area contributed by atoms with Crippen molar-refractivity contribution in [1.82, 2.24) is 0 Å². The van der Waals surface area contributed by atoms with Gasteiger partial charge in [-0.05, 0) is 12.1 Å². The number of rotatable bonds is 1. The zero-order chi connectivity index (χ0) is 10.9. The van der Waals surface area contributed by atoms with E-state index >= 15 is 0 Å². The Morgan fingerprint density at radius 1 is 0.867 bits per heavy atom. The first kappa shape index (κ1) is 11.6. The monoisotopic (exact) mass is 219 g/mol. The zero-order valence-electron chi connectivity index (χ0n) is 8.54. The van der Waals surface area contributed by atoms with Gasteiger partial charge in [-0.1, -0.05) is 48.5 Å². The lowest BCUT2D eigenvalue weighted by Crippen LogP contribution is -1.98. The van der Waals surface area contributed by atoms with E-state index in [9.17, 15) is 4.21 Å². The summed E-state index contributed by atoms with van der Waals surface area (Å²) in [5, 5.41) is 0.701. The largest absolute Gasteiger partial charge is 0.235 e. The molecule has 0 amide bonds. The summed E-state index contributed by atoms with van der Waals surface area (Å²) in [6.07, 6.45) is 1.55. The van der Waals surface area contributed by atoms with Gasteiger partial charge in [-0.25, -0.2) is 4.21 Å². The molecule has 0 N–H and O–H groups in total. The van der Waals surface area contributed by atoms with Crippen molar-refractivity contribution < 1.29 is 4.21 Å². The fraction of sp³-hybridized carbons (Fsp3) is 0.0833. The molecule has 1 aromatic rings. The van der Waals surface area contributed by atoms with Crippen LogP contribution in [0.25, 0.3) is 0 Å². The fourth-order valence-electron chi connectivity index (χ4n) is 0.958. The van der Waals surface area contributed by atoms with Crippen molar-refractivity contribution in [2.24, 2.45) is 4.40 Å². The van der Waals surface area contributed by atoms with Gasteiger partial charge in [-0.2, -0.15) is 4.40 Å². The SMILES string of the molecule is CS(=O)N=c1cccccccccc1. The highest BCUT2D eigenvalue weighted by Crippen LogP contribution is 1.79. The van der Waals surface area contributed by atoms with E-state index in [2.05, 4.69) is 4.40 Å². The summed E-state index contributed by atoms with van der Waals surface area (Å²) >= 11 is 0. The molecule has 0 bridgehead atoms. The Balaban J connectivity index is 3.31. The third-order valence-corrected chi connectivity index (χ3v) is 2.01. The Morgan fingerprint density at radius 2 is 1.27 bits per heavy atom. The van der Waals surface area contributed by atoms with Crippen LogP contribution >= 0.6 is 0 Å². The number of hydrogen-bond acceptors (Lipinski definition) is 1. The van der Waals surface area contributed by atoms with Crippen LogP contribution in [0.5, 0.6) is 0 Å². The van der Waals surface area contributed by atoms with Crippen LogP contribution in [0.1, 0.15) is 0 Å². The van der Waals surface area contributed by atoms with Crippen LogP contribution in [0.3, 0.4) is 0 Å². The lowest BCUT2D eigenvalue weighted by atomic mass is 10.4. The maximum Gasteiger partial charge on any atom is 0.136 e. The van der Waals surface area contributed by atoms with Gasteiger partial charge in [-0.3, -0.25) is 0 Å². The summed E-state index contributed by atoms with van der Waals surface area (Å²) in [6.45, 7) is 0. The molecule has 0 aliphatic carbocycles. The molecule has 3 heteroatoms. The standard InChI is InChI=1S/C12H13NOS/c1-15(14)13-12-10-8-6-4-2-3-5-7-9-11-12/h2-11H,1H3. The summed E-state index contributed by atoms with van der Waals surface area (Å²) in [5.41, 5.74) is 0. The summed E-state index contributed by atoms with van der Waals surface area (Å²) < 4.78 is 14.9. The van der Waals surface area contributed by atoms with Crippen LogP contribution < -0.4 is 5.36 Å². The quantitative estimate of drug-likeness (QED) is 0.710. The molecule has 0 radical (unpaired) electrons. The minimum atomic E-state index is -1.17. The normalized spacial score (nSPS) is 11.0. The first-order chi connectivity index (χ1) is 7.29. The molecular weight excluding hydrogens is 206 g/mol. The van der Waals surface area contributed by atoms with Gasteiger partial charge in [0, 0.05) is 6.26 Å². The minimum Gasteiger partial charge on any atom is -0.235 e. The van der Waals surface area contributed by atoms with Gasteiger partial charge in [0.05, 0.1) is 5.36 Å². The molecule has 0 aliphatic heterocycles. The van der Waals surface area contributed by atoms with Gasteiger partial charge < -0.3 is 0 Å². The molecule has 1 atom stereocenters. The molecule has 0 heterocycles. The van der Waals surface area contributed by atoms with E-state index in [1.165, 1.54) is 0 Å². The van der Waals surface area contributed by atoms with Crippen molar-refractivity contribution in [1.29, 1.82) is 0 Å². The van der Waals surface area contributed by atoms with Crippen LogP contribution in [0.2, 0.25) is 0 Å². The van der Waals surface area contributed by atoms with Crippen molar-refractivity contribution in [3.63, 3.8) is 0 Å². The molecule has 2 nitrogen and oxygen atoms in total. The summed E-state index contributed by atoms with van der Waals surface area (Å²) in [6, 6.07) is 18.9. The second-order valence-electron chi connectivity index (χ2n) is 2.81. The first-order valence-electron chi connectivity index (χ1n) is 4.56. The van der Waals surface area contributed by atoms with Crippen LogP contribution in [0.15, 0.2) is 65.1 Å². The zero-order valence-corrected chi connectivity index (χ0v) is 9.35. The Morgan fingerprint density at radius 3 is 1.67 bits per heavy atom. The van der Waals surface area contributed by atoms with Crippen molar-refractivity contribution >= 4 is 11.0 Å². The smallest absolute Gasteiger partial charge is 0.136 e. The average molecular weight is 219 g/mol. The predicted molar refractivity (Wildman–Crippen MR) is 63.7 cm³/mol. The highest BCUT2D eigenvalue weighted by molar-refractivity contribution is 7.82. The molecule has 15 heavy (non-hydrogen) atoms. The molecular formula is C12H13NOS. The van der Waals surface area contributed by atoms with Crippen molar-refractivity contribution in [3.05, 3.63) is 66.0 Å². The third-order valence-electron chi connectivity index (χ3n) is 1.55. The minimum absolute atomic E-state index is 0.701. The van der Waals surface area contributed by atoms with E-state index < -0.39 is 11.0 Å². The van der Waals surface area contributed by atoms with E-state index in [0.29, 0.717) is 5.36 Å². The highest BCUT2D eigenvalue weighted by Gasteiger charge is 1.78. The van der Waals surface area contributed by atoms with Gasteiger partial charge in [0.25, 0.3) is 0 Å². The van der Waals surface area contributed by atoms with E-state index in [0.717, 1.165) is 0 Å². The van der Waals surface area contributed by atoms with E-state index in [1.807, 2.05) is 60.7 Å². The molecule has 0 aromatic heterocycles. The molecule has 0 fully saturated rings. The van der Waals surface area contributed by atoms with E-state index in [1.54, 1.807) is 6.26 Å². The molecule has 0 aliphatic rings. The van der Waals surface area contributed by atoms with Crippen molar-refractivity contribution in [2.45, 2.75) is 0 Å². The lowest BCUT2D eigenvalue weighted by Gasteiger charge is -1.79. The average Bonchev–Trinajstić information content (AvgIpc) is 2.23. The van der Waals surface area contributed by atoms with Gasteiger partial charge in [0.2, 0.25) is 0 Å². The molecule has 0 saturated carbocycles. The van der Waals surface area contributed by atoms with Gasteiger partial charge >= 0.3 is 0 Å². The summed E-state index contributed by atoms with van der Waals surface area (Å²) in [4.78, 5) is 0. The maximum atomic E-state index is 10.9. The van der Waals surface area contributed by atoms with Crippen molar-refractivity contribution in [2.75, 3.05) is 6.26 Å². The van der Waals surface area contributed by atoms with Crippen LogP contribution in [0.4, 0.5) is 0 Å². The second kappa shape index (κ2) is 6.90.